The van der Waals surface area contributed by atoms with Gasteiger partial charge in [-0.05, 0) is 96.3 Å². The van der Waals surface area contributed by atoms with E-state index in [0.29, 0.717) is 12.8 Å². The van der Waals surface area contributed by atoms with Gasteiger partial charge in [-0.1, -0.05) is 211 Å². The van der Waals surface area contributed by atoms with Crippen LogP contribution in [0, 0.1) is 0 Å². The first-order valence-corrected chi connectivity index (χ1v) is 29.2. The molecule has 4 atom stereocenters. The Morgan fingerprint density at radius 1 is 0.426 bits per heavy atom. The summed E-state index contributed by atoms with van der Waals surface area (Å²) in [5, 5.41) is 11.2. The molecule has 1 rings (SSSR count). The molecule has 1 heterocycles. The molecular formula is C60H108O8. The van der Waals surface area contributed by atoms with Crippen molar-refractivity contribution < 1.29 is 38.4 Å². The molecule has 0 saturated carbocycles. The number of ether oxygens (including phenoxy) is 4. The van der Waals surface area contributed by atoms with Crippen LogP contribution in [0.2, 0.25) is 0 Å². The van der Waals surface area contributed by atoms with Crippen LogP contribution in [0.3, 0.4) is 0 Å². The van der Waals surface area contributed by atoms with E-state index in [9.17, 15) is 19.5 Å². The van der Waals surface area contributed by atoms with Gasteiger partial charge in [0, 0.05) is 19.3 Å². The molecule has 1 aliphatic heterocycles. The Balaban J connectivity index is 2.45. The Bertz CT molecular complexity index is 1230. The Morgan fingerprint density at radius 2 is 0.721 bits per heavy atom. The Kier molecular flexibility index (Phi) is 46.3. The topological polar surface area (TPSA) is 108 Å². The highest BCUT2D eigenvalue weighted by molar-refractivity contribution is 5.71. The van der Waals surface area contributed by atoms with Crippen LogP contribution in [0.25, 0.3) is 0 Å². The van der Waals surface area contributed by atoms with Gasteiger partial charge in [0.1, 0.15) is 18.8 Å². The maximum Gasteiger partial charge on any atom is 0.306 e. The molecule has 1 fully saturated rings. The van der Waals surface area contributed by atoms with Gasteiger partial charge in [0.15, 0.2) is 12.2 Å². The summed E-state index contributed by atoms with van der Waals surface area (Å²) in [4.78, 5) is 38.8. The predicted octanol–water partition coefficient (Wildman–Crippen LogP) is 17.2. The summed E-state index contributed by atoms with van der Waals surface area (Å²) in [7, 11) is 0. The standard InChI is InChI=1S/C60H108O8/c1-4-7-10-13-16-19-22-25-28-31-34-37-40-43-46-49-56(62)65-52-54(61)59-60(68-58(64)51-48-45-42-39-36-33-30-27-24-21-18-15-12-9-6-3)55(53-66-59)67-57(63)50-47-44-41-38-35-32-29-26-23-20-17-14-11-8-5-2/h25-30,54-55,59-61H,4-24,31-53H2,1-3H3/b28-25+,29-26+,30-27+/t54-,55+,59-,60-/m1/s1. The molecule has 0 unspecified atom stereocenters. The van der Waals surface area contributed by atoms with Gasteiger partial charge in [-0.3, -0.25) is 14.4 Å². The van der Waals surface area contributed by atoms with Crippen molar-refractivity contribution in [2.75, 3.05) is 13.2 Å². The molecule has 396 valence electrons. The molecule has 68 heavy (non-hydrogen) atoms. The monoisotopic (exact) mass is 957 g/mol. The molecule has 8 heteroatoms. The molecule has 0 bridgehead atoms. The minimum Gasteiger partial charge on any atom is -0.463 e. The summed E-state index contributed by atoms with van der Waals surface area (Å²) in [6.07, 6.45) is 56.9. The smallest absolute Gasteiger partial charge is 0.306 e. The molecule has 0 amide bonds. The molecule has 0 aromatic rings. The summed E-state index contributed by atoms with van der Waals surface area (Å²) < 4.78 is 23.1. The van der Waals surface area contributed by atoms with Gasteiger partial charge in [-0.25, -0.2) is 0 Å². The molecule has 1 aliphatic rings. The first-order valence-electron chi connectivity index (χ1n) is 29.2. The zero-order valence-corrected chi connectivity index (χ0v) is 44.7. The predicted molar refractivity (Wildman–Crippen MR) is 285 cm³/mol. The molecule has 1 N–H and O–H groups in total. The zero-order chi connectivity index (χ0) is 49.2. The number of hydrogen-bond acceptors (Lipinski definition) is 8. The summed E-state index contributed by atoms with van der Waals surface area (Å²) >= 11 is 0. The summed E-state index contributed by atoms with van der Waals surface area (Å²) in [5.74, 6) is -1.11. The fourth-order valence-corrected chi connectivity index (χ4v) is 8.99. The number of unbranched alkanes of at least 4 members (excludes halogenated alkanes) is 33. The highest BCUT2D eigenvalue weighted by Gasteiger charge is 2.46. The average molecular weight is 958 g/mol. The number of carbonyl (C=O) groups is 3. The fourth-order valence-electron chi connectivity index (χ4n) is 8.99. The average Bonchev–Trinajstić information content (AvgIpc) is 3.72. The van der Waals surface area contributed by atoms with E-state index < -0.39 is 30.4 Å². The van der Waals surface area contributed by atoms with Crippen LogP contribution in [0.4, 0.5) is 0 Å². The largest absolute Gasteiger partial charge is 0.463 e. The maximum atomic E-state index is 13.1. The van der Waals surface area contributed by atoms with E-state index in [1.54, 1.807) is 0 Å². The fraction of sp³-hybridized carbons (Fsp3) is 0.850. The van der Waals surface area contributed by atoms with Crippen LogP contribution in [0.15, 0.2) is 36.5 Å². The second-order valence-corrected chi connectivity index (χ2v) is 20.0. The second-order valence-electron chi connectivity index (χ2n) is 20.0. The van der Waals surface area contributed by atoms with E-state index in [2.05, 4.69) is 57.2 Å². The minimum atomic E-state index is -1.22. The van der Waals surface area contributed by atoms with Gasteiger partial charge in [0.05, 0.1) is 6.61 Å². The first-order chi connectivity index (χ1) is 33.4. The van der Waals surface area contributed by atoms with E-state index in [-0.39, 0.29) is 38.0 Å². The van der Waals surface area contributed by atoms with Crippen LogP contribution in [0.1, 0.15) is 290 Å². The molecule has 0 radical (unpaired) electrons. The quantitative estimate of drug-likeness (QED) is 0.0278. The summed E-state index contributed by atoms with van der Waals surface area (Å²) in [6, 6.07) is 0. The van der Waals surface area contributed by atoms with Crippen molar-refractivity contribution in [1.82, 2.24) is 0 Å². The lowest BCUT2D eigenvalue weighted by atomic mass is 10.1. The van der Waals surface area contributed by atoms with Crippen LogP contribution in [-0.4, -0.2) is 60.6 Å². The second kappa shape index (κ2) is 49.5. The third-order valence-electron chi connectivity index (χ3n) is 13.4. The molecule has 0 spiro atoms. The lowest BCUT2D eigenvalue weighted by molar-refractivity contribution is -0.170. The van der Waals surface area contributed by atoms with Crippen molar-refractivity contribution in [2.24, 2.45) is 0 Å². The van der Waals surface area contributed by atoms with Crippen LogP contribution < -0.4 is 0 Å². The van der Waals surface area contributed by atoms with Gasteiger partial charge in [0.2, 0.25) is 0 Å². The zero-order valence-electron chi connectivity index (χ0n) is 44.7. The molecule has 8 nitrogen and oxygen atoms in total. The lowest BCUT2D eigenvalue weighted by Gasteiger charge is -2.26. The maximum absolute atomic E-state index is 13.1. The number of esters is 3. The third kappa shape index (κ3) is 40.3. The minimum absolute atomic E-state index is 0.00799. The van der Waals surface area contributed by atoms with Gasteiger partial charge in [-0.2, -0.15) is 0 Å². The number of aliphatic hydroxyl groups is 1. The number of aliphatic hydroxyl groups excluding tert-OH is 1. The molecule has 1 saturated heterocycles. The first kappa shape index (κ1) is 63.6. The van der Waals surface area contributed by atoms with Crippen molar-refractivity contribution in [3.63, 3.8) is 0 Å². The van der Waals surface area contributed by atoms with E-state index >= 15 is 0 Å². The highest BCUT2D eigenvalue weighted by atomic mass is 16.6. The van der Waals surface area contributed by atoms with Gasteiger partial charge < -0.3 is 24.1 Å². The molecule has 0 aromatic carbocycles. The van der Waals surface area contributed by atoms with Crippen molar-refractivity contribution >= 4 is 17.9 Å². The Labute approximate surface area is 419 Å². The van der Waals surface area contributed by atoms with E-state index in [0.717, 1.165) is 103 Å². The van der Waals surface area contributed by atoms with E-state index in [4.69, 9.17) is 18.9 Å². The number of hydrogen-bond donors (Lipinski definition) is 1. The molecular weight excluding hydrogens is 849 g/mol. The molecule has 0 aliphatic carbocycles. The van der Waals surface area contributed by atoms with Gasteiger partial charge in [0.25, 0.3) is 0 Å². The summed E-state index contributed by atoms with van der Waals surface area (Å²) in [5.41, 5.74) is 0. The van der Waals surface area contributed by atoms with Crippen molar-refractivity contribution in [1.29, 1.82) is 0 Å². The highest BCUT2D eigenvalue weighted by Crippen LogP contribution is 2.26. The van der Waals surface area contributed by atoms with Crippen molar-refractivity contribution in [2.45, 2.75) is 315 Å². The van der Waals surface area contributed by atoms with Crippen LogP contribution >= 0.6 is 0 Å². The number of carbonyl (C=O) groups excluding carboxylic acids is 3. The third-order valence-corrected chi connectivity index (χ3v) is 13.4. The Hall–Kier alpha value is -2.45. The van der Waals surface area contributed by atoms with Gasteiger partial charge in [-0.15, -0.1) is 0 Å². The van der Waals surface area contributed by atoms with Crippen LogP contribution in [-0.2, 0) is 33.3 Å². The Morgan fingerprint density at radius 3 is 1.07 bits per heavy atom. The van der Waals surface area contributed by atoms with Gasteiger partial charge >= 0.3 is 17.9 Å². The van der Waals surface area contributed by atoms with E-state index in [1.165, 1.54) is 141 Å². The summed E-state index contributed by atoms with van der Waals surface area (Å²) in [6.45, 7) is 6.51. The number of rotatable bonds is 50. The van der Waals surface area contributed by atoms with Crippen molar-refractivity contribution in [3.8, 4) is 0 Å². The van der Waals surface area contributed by atoms with Crippen molar-refractivity contribution in [3.05, 3.63) is 36.5 Å². The normalized spacial score (nSPS) is 16.7. The SMILES string of the molecule is CCCCCCCC/C=C/CCCCCCCC(=O)OC[C@@H](O)[C@H]1OC[C@H](OC(=O)CCCCCCC/C=C/CCCCCCCC)[C@H]1OC(=O)CCCCCCC/C=C/CCCCCCCC. The lowest BCUT2D eigenvalue weighted by Crippen LogP contribution is -2.45. The number of allylic oxidation sites excluding steroid dienone is 6. The van der Waals surface area contributed by atoms with Crippen LogP contribution in [0.5, 0.6) is 0 Å². The molecule has 0 aromatic heterocycles. The van der Waals surface area contributed by atoms with E-state index in [1.807, 2.05) is 0 Å².